The average Bonchev–Trinajstić information content (AvgIpc) is 2.48. The monoisotopic (exact) mass is 296 g/mol. The van der Waals surface area contributed by atoms with Gasteiger partial charge in [-0.3, -0.25) is 0 Å². The minimum Gasteiger partial charge on any atom is -0.378 e. The van der Waals surface area contributed by atoms with Crippen LogP contribution in [-0.4, -0.2) is 20.1 Å². The second-order valence-corrected chi connectivity index (χ2v) is 6.63. The quantitative estimate of drug-likeness (QED) is 0.873. The van der Waals surface area contributed by atoms with Crippen molar-refractivity contribution in [1.82, 2.24) is 0 Å². The summed E-state index contributed by atoms with van der Waals surface area (Å²) >= 11 is 0. The highest BCUT2D eigenvalue weighted by molar-refractivity contribution is 5.46. The Morgan fingerprint density at radius 2 is 1.27 bits per heavy atom. The first-order valence-corrected chi connectivity index (χ1v) is 8.06. The van der Waals surface area contributed by atoms with E-state index in [9.17, 15) is 0 Å². The van der Waals surface area contributed by atoms with Gasteiger partial charge in [0.25, 0.3) is 0 Å². The molecule has 0 radical (unpaired) electrons. The molecule has 1 atom stereocenters. The minimum absolute atomic E-state index is 0.162. The predicted molar refractivity (Wildman–Crippen MR) is 96.7 cm³/mol. The van der Waals surface area contributed by atoms with E-state index in [1.54, 1.807) is 0 Å². The second-order valence-electron chi connectivity index (χ2n) is 6.63. The summed E-state index contributed by atoms with van der Waals surface area (Å²) in [5.41, 5.74) is 11.6. The van der Waals surface area contributed by atoms with Gasteiger partial charge in [0.1, 0.15) is 0 Å². The summed E-state index contributed by atoms with van der Waals surface area (Å²) in [7, 11) is 4.11. The highest BCUT2D eigenvalue weighted by Gasteiger charge is 2.07. The van der Waals surface area contributed by atoms with E-state index >= 15 is 0 Å². The first kappa shape index (κ1) is 16.6. The van der Waals surface area contributed by atoms with Gasteiger partial charge in [-0.05, 0) is 47.6 Å². The number of rotatable bonds is 6. The molecule has 2 rings (SSSR count). The molecule has 0 spiro atoms. The van der Waals surface area contributed by atoms with E-state index in [2.05, 4.69) is 81.4 Å². The lowest BCUT2D eigenvalue weighted by Gasteiger charge is -2.15. The lowest BCUT2D eigenvalue weighted by Crippen LogP contribution is -2.25. The largest absolute Gasteiger partial charge is 0.378 e. The molecule has 118 valence electrons. The van der Waals surface area contributed by atoms with Crippen LogP contribution in [0.1, 0.15) is 36.5 Å². The van der Waals surface area contributed by atoms with Gasteiger partial charge >= 0.3 is 0 Å². The Morgan fingerprint density at radius 3 is 1.68 bits per heavy atom. The summed E-state index contributed by atoms with van der Waals surface area (Å²) in [6, 6.07) is 17.7. The van der Waals surface area contributed by atoms with Crippen molar-refractivity contribution in [2.75, 3.05) is 19.0 Å². The Hall–Kier alpha value is -1.80. The Balaban J connectivity index is 1.93. The number of hydrogen-bond donors (Lipinski definition) is 1. The zero-order valence-electron chi connectivity index (χ0n) is 14.2. The number of hydrogen-bond acceptors (Lipinski definition) is 2. The standard InChI is InChI=1S/C20H28N2/c1-15(2)18-9-5-16(6-10-18)13-19(21)14-17-7-11-20(12-8-17)22(3)4/h5-12,15,19H,13-14,21H2,1-4H3. The smallest absolute Gasteiger partial charge is 0.0361 e. The Bertz CT molecular complexity index is 514. The lowest BCUT2D eigenvalue weighted by atomic mass is 9.96. The third-order valence-electron chi connectivity index (χ3n) is 4.09. The fraction of sp³-hybridized carbons (Fsp3) is 0.400. The van der Waals surface area contributed by atoms with Crippen molar-refractivity contribution in [2.24, 2.45) is 5.73 Å². The fourth-order valence-electron chi connectivity index (χ4n) is 2.65. The molecule has 0 saturated carbocycles. The fourth-order valence-corrected chi connectivity index (χ4v) is 2.65. The van der Waals surface area contributed by atoms with Gasteiger partial charge in [0.2, 0.25) is 0 Å². The van der Waals surface area contributed by atoms with E-state index in [1.165, 1.54) is 22.4 Å². The molecule has 2 N–H and O–H groups in total. The molecule has 2 aromatic carbocycles. The van der Waals surface area contributed by atoms with Crippen LogP contribution in [0.15, 0.2) is 48.5 Å². The van der Waals surface area contributed by atoms with Crippen LogP contribution in [0, 0.1) is 0 Å². The molecule has 0 fully saturated rings. The molecule has 1 unspecified atom stereocenters. The first-order valence-electron chi connectivity index (χ1n) is 8.06. The zero-order chi connectivity index (χ0) is 16.1. The van der Waals surface area contributed by atoms with Gasteiger partial charge in [-0.1, -0.05) is 50.2 Å². The molecule has 0 aromatic heterocycles. The highest BCUT2D eigenvalue weighted by Crippen LogP contribution is 2.17. The predicted octanol–water partition coefficient (Wildman–Crippen LogP) is 3.99. The molecule has 22 heavy (non-hydrogen) atoms. The first-order chi connectivity index (χ1) is 10.5. The molecular weight excluding hydrogens is 268 g/mol. The molecule has 0 saturated heterocycles. The van der Waals surface area contributed by atoms with E-state index in [0.717, 1.165) is 12.8 Å². The summed E-state index contributed by atoms with van der Waals surface area (Å²) in [5, 5.41) is 0. The molecule has 0 amide bonds. The van der Waals surface area contributed by atoms with E-state index in [-0.39, 0.29) is 6.04 Å². The van der Waals surface area contributed by atoms with Crippen molar-refractivity contribution < 1.29 is 0 Å². The number of nitrogens with two attached hydrogens (primary N) is 1. The van der Waals surface area contributed by atoms with Crippen molar-refractivity contribution in [3.63, 3.8) is 0 Å². The average molecular weight is 296 g/mol. The molecule has 0 aliphatic heterocycles. The van der Waals surface area contributed by atoms with Crippen molar-refractivity contribution >= 4 is 5.69 Å². The minimum atomic E-state index is 0.162. The molecule has 2 nitrogen and oxygen atoms in total. The summed E-state index contributed by atoms with van der Waals surface area (Å²) in [6.07, 6.45) is 1.84. The van der Waals surface area contributed by atoms with Gasteiger partial charge in [-0.15, -0.1) is 0 Å². The maximum absolute atomic E-state index is 6.32. The topological polar surface area (TPSA) is 29.3 Å². The van der Waals surface area contributed by atoms with Gasteiger partial charge in [-0.25, -0.2) is 0 Å². The van der Waals surface area contributed by atoms with Crippen LogP contribution >= 0.6 is 0 Å². The van der Waals surface area contributed by atoms with Crippen molar-refractivity contribution in [3.8, 4) is 0 Å². The molecular formula is C20H28N2. The van der Waals surface area contributed by atoms with Gasteiger partial charge in [0, 0.05) is 25.8 Å². The van der Waals surface area contributed by atoms with Gasteiger partial charge in [0.05, 0.1) is 0 Å². The van der Waals surface area contributed by atoms with E-state index in [1.807, 2.05) is 0 Å². The van der Waals surface area contributed by atoms with E-state index in [4.69, 9.17) is 5.73 Å². The van der Waals surface area contributed by atoms with Crippen molar-refractivity contribution in [2.45, 2.75) is 38.6 Å². The Labute approximate surface area is 135 Å². The van der Waals surface area contributed by atoms with E-state index in [0.29, 0.717) is 5.92 Å². The maximum Gasteiger partial charge on any atom is 0.0361 e. The SMILES string of the molecule is CC(C)c1ccc(CC(N)Cc2ccc(N(C)C)cc2)cc1. The van der Waals surface area contributed by atoms with Gasteiger partial charge < -0.3 is 10.6 Å². The van der Waals surface area contributed by atoms with Crippen LogP contribution in [0.3, 0.4) is 0 Å². The van der Waals surface area contributed by atoms with E-state index < -0.39 is 0 Å². The van der Waals surface area contributed by atoms with Gasteiger partial charge in [0.15, 0.2) is 0 Å². The lowest BCUT2D eigenvalue weighted by molar-refractivity contribution is 0.664. The Kier molecular flexibility index (Phi) is 5.62. The van der Waals surface area contributed by atoms with Crippen LogP contribution in [0.5, 0.6) is 0 Å². The van der Waals surface area contributed by atoms with Crippen LogP contribution in [0.4, 0.5) is 5.69 Å². The second kappa shape index (κ2) is 7.46. The van der Waals surface area contributed by atoms with Crippen LogP contribution in [-0.2, 0) is 12.8 Å². The third kappa shape index (κ3) is 4.60. The number of benzene rings is 2. The van der Waals surface area contributed by atoms with Gasteiger partial charge in [-0.2, -0.15) is 0 Å². The van der Waals surface area contributed by atoms with Crippen molar-refractivity contribution in [1.29, 1.82) is 0 Å². The molecule has 0 bridgehead atoms. The number of nitrogens with zero attached hydrogens (tertiary/aromatic N) is 1. The highest BCUT2D eigenvalue weighted by atomic mass is 15.1. The molecule has 0 heterocycles. The van der Waals surface area contributed by atoms with Crippen LogP contribution in [0.2, 0.25) is 0 Å². The van der Waals surface area contributed by atoms with Crippen LogP contribution < -0.4 is 10.6 Å². The summed E-state index contributed by atoms with van der Waals surface area (Å²) in [5.74, 6) is 0.581. The third-order valence-corrected chi connectivity index (χ3v) is 4.09. The molecule has 2 aromatic rings. The normalized spacial score (nSPS) is 12.5. The Morgan fingerprint density at radius 1 is 0.818 bits per heavy atom. The maximum atomic E-state index is 6.32. The molecule has 0 aliphatic rings. The number of anilines is 1. The summed E-state index contributed by atoms with van der Waals surface area (Å²) in [4.78, 5) is 2.11. The van der Waals surface area contributed by atoms with Crippen molar-refractivity contribution in [3.05, 3.63) is 65.2 Å². The summed E-state index contributed by atoms with van der Waals surface area (Å²) in [6.45, 7) is 4.44. The molecule has 2 heteroatoms. The molecule has 0 aliphatic carbocycles. The van der Waals surface area contributed by atoms with Crippen LogP contribution in [0.25, 0.3) is 0 Å². The zero-order valence-corrected chi connectivity index (χ0v) is 14.2. The summed E-state index contributed by atoms with van der Waals surface area (Å²) < 4.78 is 0.